The minimum atomic E-state index is -1.98. The highest BCUT2D eigenvalue weighted by Crippen LogP contribution is 2.38. The third-order valence-electron chi connectivity index (χ3n) is 4.97. The van der Waals surface area contributed by atoms with Crippen molar-refractivity contribution in [2.45, 2.75) is 51.2 Å². The summed E-state index contributed by atoms with van der Waals surface area (Å²) in [5, 5.41) is 0.0415. The lowest BCUT2D eigenvalue weighted by Crippen LogP contribution is -2.42. The van der Waals surface area contributed by atoms with Crippen LogP contribution in [0, 0.1) is 6.08 Å². The molecule has 0 unspecified atom stereocenters. The lowest BCUT2D eigenvalue weighted by molar-refractivity contribution is -0.0151. The van der Waals surface area contributed by atoms with Crippen molar-refractivity contribution in [2.24, 2.45) is 0 Å². The number of rotatable bonds is 4. The summed E-state index contributed by atoms with van der Waals surface area (Å²) in [5.74, 6) is -0.614. The molecule has 10 heteroatoms. The molecule has 142 valence electrons. The van der Waals surface area contributed by atoms with Crippen LogP contribution in [0.5, 0.6) is 0 Å². The summed E-state index contributed by atoms with van der Waals surface area (Å²) in [6.45, 7) is 10.9. The van der Waals surface area contributed by atoms with E-state index in [4.69, 9.17) is 14.9 Å². The van der Waals surface area contributed by atoms with E-state index in [9.17, 15) is 8.78 Å². The second-order valence-corrected chi connectivity index (χ2v) is 12.7. The Morgan fingerprint density at radius 2 is 2.00 bits per heavy atom. The van der Waals surface area contributed by atoms with E-state index in [-0.39, 0.29) is 28.6 Å². The molecule has 1 aliphatic rings. The van der Waals surface area contributed by atoms with Gasteiger partial charge in [-0.3, -0.25) is 4.57 Å². The maximum Gasteiger partial charge on any atom is 0.312 e. The van der Waals surface area contributed by atoms with Gasteiger partial charge in [0.15, 0.2) is 31.5 Å². The molecule has 3 heterocycles. The molecule has 2 N–H and O–H groups in total. The van der Waals surface area contributed by atoms with E-state index < -0.39 is 32.6 Å². The van der Waals surface area contributed by atoms with Crippen molar-refractivity contribution in [3.05, 3.63) is 24.3 Å². The van der Waals surface area contributed by atoms with Crippen LogP contribution in [-0.4, -0.2) is 40.5 Å². The van der Waals surface area contributed by atoms with Gasteiger partial charge in [-0.1, -0.05) is 20.8 Å². The van der Waals surface area contributed by atoms with Crippen LogP contribution >= 0.6 is 0 Å². The van der Waals surface area contributed by atoms with Gasteiger partial charge in [-0.15, -0.1) is 0 Å². The summed E-state index contributed by atoms with van der Waals surface area (Å²) in [6.07, 6.45) is 0.0451. The maximum atomic E-state index is 14.5. The van der Waals surface area contributed by atoms with Crippen LogP contribution in [0.25, 0.3) is 11.2 Å². The summed E-state index contributed by atoms with van der Waals surface area (Å²) in [5.41, 5.74) is 5.91. The van der Waals surface area contributed by atoms with Gasteiger partial charge in [0.05, 0.1) is 12.9 Å². The summed E-state index contributed by atoms with van der Waals surface area (Å²) in [6, 6.07) is 0. The number of imidazole rings is 1. The van der Waals surface area contributed by atoms with Crippen LogP contribution in [0.4, 0.5) is 14.6 Å². The largest absolute Gasteiger partial charge is 0.414 e. The minimum Gasteiger partial charge on any atom is -0.414 e. The maximum absolute atomic E-state index is 14.5. The molecule has 0 saturated carbocycles. The molecule has 2 aromatic rings. The first-order valence-corrected chi connectivity index (χ1v) is 11.2. The standard InChI is InChI=1S/C16H23F2N5O2Si/c1-16(2,3)26(4,5)24-7-9-6-10(17)14(25-9)23-8-20-11-12(19)21-15(18)22-13(11)23/h6,8-9,14H,7H2,1-5H3,(H2,19,21,22)/t9-,14-/m1/s1. The predicted octanol–water partition coefficient (Wildman–Crippen LogP) is 3.32. The monoisotopic (exact) mass is 383 g/mol. The molecule has 0 amide bonds. The number of nitrogens with two attached hydrogens (primary N) is 1. The Bertz CT molecular complexity index is 862. The third-order valence-corrected chi connectivity index (χ3v) is 9.47. The highest BCUT2D eigenvalue weighted by atomic mass is 28.4. The number of ether oxygens (including phenoxy) is 1. The lowest BCUT2D eigenvalue weighted by Gasteiger charge is -2.36. The van der Waals surface area contributed by atoms with Gasteiger partial charge in [0.25, 0.3) is 0 Å². The Labute approximate surface area is 151 Å². The van der Waals surface area contributed by atoms with Crippen LogP contribution in [0.2, 0.25) is 18.1 Å². The highest BCUT2D eigenvalue weighted by molar-refractivity contribution is 6.74. The predicted molar refractivity (Wildman–Crippen MR) is 95.9 cm³/mol. The molecular weight excluding hydrogens is 360 g/mol. The second kappa shape index (κ2) is 6.36. The topological polar surface area (TPSA) is 88.1 Å². The van der Waals surface area contributed by atoms with Crippen molar-refractivity contribution in [1.29, 1.82) is 0 Å². The zero-order chi connectivity index (χ0) is 19.3. The van der Waals surface area contributed by atoms with Crippen LogP contribution in [0.15, 0.2) is 18.2 Å². The molecule has 2 aromatic heterocycles. The number of fused-ring (bicyclic) bond motifs is 1. The quantitative estimate of drug-likeness (QED) is 0.644. The van der Waals surface area contributed by atoms with Crippen LogP contribution < -0.4 is 5.73 Å². The van der Waals surface area contributed by atoms with Crippen molar-refractivity contribution < 1.29 is 17.9 Å². The zero-order valence-corrected chi connectivity index (χ0v) is 16.5. The average Bonchev–Trinajstić information content (AvgIpc) is 3.07. The number of aromatic nitrogens is 4. The number of halogens is 2. The number of hydrogen-bond acceptors (Lipinski definition) is 6. The first-order valence-electron chi connectivity index (χ1n) is 8.32. The molecule has 0 spiro atoms. The summed E-state index contributed by atoms with van der Waals surface area (Å²) >= 11 is 0. The fourth-order valence-electron chi connectivity index (χ4n) is 2.40. The zero-order valence-electron chi connectivity index (χ0n) is 15.5. The summed E-state index contributed by atoms with van der Waals surface area (Å²) < 4.78 is 41.1. The molecule has 7 nitrogen and oxygen atoms in total. The molecule has 0 saturated heterocycles. The second-order valence-electron chi connectivity index (χ2n) is 7.85. The third kappa shape index (κ3) is 3.36. The van der Waals surface area contributed by atoms with Crippen molar-refractivity contribution in [3.8, 4) is 0 Å². The Morgan fingerprint density at radius 1 is 1.31 bits per heavy atom. The highest BCUT2D eigenvalue weighted by Gasteiger charge is 2.39. The van der Waals surface area contributed by atoms with Gasteiger partial charge in [-0.05, 0) is 24.2 Å². The number of anilines is 1. The van der Waals surface area contributed by atoms with Gasteiger partial charge >= 0.3 is 6.08 Å². The minimum absolute atomic E-state index is 0.0415. The van der Waals surface area contributed by atoms with Gasteiger partial charge in [-0.25, -0.2) is 9.37 Å². The average molecular weight is 383 g/mol. The molecule has 0 aliphatic carbocycles. The fourth-order valence-corrected chi connectivity index (χ4v) is 3.42. The summed E-state index contributed by atoms with van der Waals surface area (Å²) in [4.78, 5) is 11.1. The Morgan fingerprint density at radius 3 is 2.65 bits per heavy atom. The first kappa shape index (κ1) is 18.9. The van der Waals surface area contributed by atoms with Gasteiger partial charge in [-0.2, -0.15) is 14.4 Å². The molecule has 0 fully saturated rings. The Kier molecular flexibility index (Phi) is 4.61. The number of nitrogen functional groups attached to an aromatic ring is 1. The van der Waals surface area contributed by atoms with Gasteiger partial charge in [0.1, 0.15) is 11.9 Å². The van der Waals surface area contributed by atoms with Crippen molar-refractivity contribution in [2.75, 3.05) is 12.3 Å². The van der Waals surface area contributed by atoms with E-state index in [1.165, 1.54) is 17.0 Å². The SMILES string of the molecule is CC(C)(C)[Si](C)(C)OC[C@H]1C=C(F)[C@H](n2cnc3c(N)nc(F)nc32)O1. The van der Waals surface area contributed by atoms with E-state index in [1.54, 1.807) is 0 Å². The van der Waals surface area contributed by atoms with Gasteiger partial charge < -0.3 is 14.9 Å². The molecular formula is C16H23F2N5O2Si. The molecule has 1 aliphatic heterocycles. The first-order chi connectivity index (χ1) is 12.0. The van der Waals surface area contributed by atoms with Crippen molar-refractivity contribution in [1.82, 2.24) is 19.5 Å². The molecule has 26 heavy (non-hydrogen) atoms. The summed E-state index contributed by atoms with van der Waals surface area (Å²) in [7, 11) is -1.98. The molecule has 3 rings (SSSR count). The Hall–Kier alpha value is -1.91. The normalized spacial score (nSPS) is 21.4. The lowest BCUT2D eigenvalue weighted by atomic mass is 10.2. The van der Waals surface area contributed by atoms with E-state index in [0.29, 0.717) is 0 Å². The number of nitrogens with zero attached hydrogens (tertiary/aromatic N) is 4. The van der Waals surface area contributed by atoms with Crippen LogP contribution in [-0.2, 0) is 9.16 Å². The van der Waals surface area contributed by atoms with E-state index >= 15 is 0 Å². The number of hydrogen-bond donors (Lipinski definition) is 1. The van der Waals surface area contributed by atoms with Crippen LogP contribution in [0.1, 0.15) is 27.0 Å². The fraction of sp³-hybridized carbons (Fsp3) is 0.562. The van der Waals surface area contributed by atoms with Gasteiger partial charge in [0, 0.05) is 0 Å². The van der Waals surface area contributed by atoms with Crippen molar-refractivity contribution >= 4 is 25.3 Å². The molecule has 0 bridgehead atoms. The Balaban J connectivity index is 1.78. The van der Waals surface area contributed by atoms with Gasteiger partial charge in [0.2, 0.25) is 0 Å². The van der Waals surface area contributed by atoms with E-state index in [1.807, 2.05) is 0 Å². The van der Waals surface area contributed by atoms with E-state index in [2.05, 4.69) is 48.8 Å². The molecule has 2 atom stereocenters. The van der Waals surface area contributed by atoms with E-state index in [0.717, 1.165) is 0 Å². The van der Waals surface area contributed by atoms with Crippen LogP contribution in [0.3, 0.4) is 0 Å². The molecule has 0 radical (unpaired) electrons. The smallest absolute Gasteiger partial charge is 0.312 e. The molecule has 0 aromatic carbocycles. The van der Waals surface area contributed by atoms with Crippen molar-refractivity contribution in [3.63, 3.8) is 0 Å².